The average molecular weight is 1010 g/mol. The summed E-state index contributed by atoms with van der Waals surface area (Å²) in [5.41, 5.74) is 2.34. The van der Waals surface area contributed by atoms with E-state index < -0.39 is 77.6 Å². The normalized spacial score (nSPS) is 14.8. The molecule has 0 saturated heterocycles. The standard InChI is InChI=1S/C56H47N5O.Pt/c1-55(2,3)36-38-30-31-57-52(32-38)61-47-25-14-13-22-45(47)46-29-28-41(33-50(46)61)62-42-34-51(56(4,5)6)58-53(35-42)59-37-60(49-27-16-15-26-48(49)59)54-43(39-18-9-7-10-19-39)23-17-24-44(54)40-20-11-8-12-21-40;/h7-32,34H,36H2,1-6H3;/q-2;/i7D,8D,9D,10D,11D,12D,18D,19D,20D,21D,36D2;. The number of fused-ring (bicyclic) bond motifs is 4. The van der Waals surface area contributed by atoms with Gasteiger partial charge in [-0.1, -0.05) is 168 Å². The fourth-order valence-corrected chi connectivity index (χ4v) is 7.67. The summed E-state index contributed by atoms with van der Waals surface area (Å²) < 4.78 is 117. The second kappa shape index (κ2) is 16.6. The van der Waals surface area contributed by atoms with Crippen LogP contribution in [0.4, 0.5) is 0 Å². The molecule has 0 atom stereocenters. The Balaban J connectivity index is 0.00000689. The van der Waals surface area contributed by atoms with E-state index in [9.17, 15) is 0 Å². The van der Waals surface area contributed by atoms with Gasteiger partial charge in [-0.3, -0.25) is 14.1 Å². The fourth-order valence-electron chi connectivity index (χ4n) is 7.67. The van der Waals surface area contributed by atoms with Gasteiger partial charge in [-0.25, -0.2) is 4.98 Å². The Bertz CT molecular complexity index is 3830. The summed E-state index contributed by atoms with van der Waals surface area (Å²) in [4.78, 5) is 9.84. The van der Waals surface area contributed by atoms with Crippen molar-refractivity contribution in [2.45, 2.75) is 53.3 Å². The molecule has 63 heavy (non-hydrogen) atoms. The van der Waals surface area contributed by atoms with Crippen molar-refractivity contribution in [3.63, 3.8) is 0 Å². The zero-order valence-electron chi connectivity index (χ0n) is 47.3. The largest absolute Gasteiger partial charge is 0.522 e. The third-order valence-electron chi connectivity index (χ3n) is 10.3. The summed E-state index contributed by atoms with van der Waals surface area (Å²) in [6, 6.07) is 30.1. The van der Waals surface area contributed by atoms with E-state index in [2.05, 4.69) is 18.5 Å². The molecule has 0 aliphatic heterocycles. The number of ether oxygens (including phenoxy) is 1. The molecule has 0 unspecified atom stereocenters. The molecular formula is C56H47N5OPt-2. The van der Waals surface area contributed by atoms with Gasteiger partial charge < -0.3 is 9.30 Å². The minimum atomic E-state index is -1.68. The van der Waals surface area contributed by atoms with Crippen LogP contribution in [0.3, 0.4) is 0 Å². The van der Waals surface area contributed by atoms with Crippen molar-refractivity contribution in [1.82, 2.24) is 19.1 Å². The summed E-state index contributed by atoms with van der Waals surface area (Å²) in [6.07, 6.45) is 3.33. The van der Waals surface area contributed by atoms with Crippen LogP contribution in [0.1, 0.15) is 69.2 Å². The molecule has 0 aliphatic rings. The fraction of sp³-hybridized carbons (Fsp3) is 0.161. The number of hydrogen-bond acceptors (Lipinski definition) is 3. The van der Waals surface area contributed by atoms with Crippen molar-refractivity contribution in [3.8, 4) is 51.1 Å². The van der Waals surface area contributed by atoms with Crippen molar-refractivity contribution in [2.75, 3.05) is 0 Å². The van der Waals surface area contributed by atoms with Crippen LogP contribution in [0.5, 0.6) is 11.5 Å². The van der Waals surface area contributed by atoms with Gasteiger partial charge in [0.25, 0.3) is 6.33 Å². The molecule has 0 N–H and O–H groups in total. The SMILES string of the molecule is [2H]c1c([2H])c([2H])c(-c2cccc(-c3c([2H])c([2H])c([2H])c([2H])c3[2H])c2-[n+]2[c-]n(-c3[c-]c(Oc4[c-]c5c(cc4)c4ccccc4n5-c4cc(C([2H])([2H])C(C)(C)C)ccn4)cc(C(C)(C)C)n3)c3ccccc32)c([2H])c1[2H].[Pt]. The Kier molecular flexibility index (Phi) is 7.80. The summed E-state index contributed by atoms with van der Waals surface area (Å²) in [5, 5.41) is 1.81. The Morgan fingerprint density at radius 2 is 1.37 bits per heavy atom. The predicted molar refractivity (Wildman–Crippen MR) is 250 cm³/mol. The molecule has 10 aromatic rings. The zero-order chi connectivity index (χ0) is 53.1. The van der Waals surface area contributed by atoms with Crippen molar-refractivity contribution in [3.05, 3.63) is 193 Å². The van der Waals surface area contributed by atoms with E-state index in [1.165, 1.54) is 0 Å². The summed E-state index contributed by atoms with van der Waals surface area (Å²) in [7, 11) is 0. The maximum absolute atomic E-state index is 9.06. The van der Waals surface area contributed by atoms with Gasteiger partial charge in [0.05, 0.1) is 36.2 Å². The molecule has 4 aromatic heterocycles. The third-order valence-corrected chi connectivity index (χ3v) is 10.3. The van der Waals surface area contributed by atoms with Gasteiger partial charge in [-0.2, -0.15) is 12.1 Å². The monoisotopic (exact) mass is 1010 g/mol. The molecule has 0 fully saturated rings. The van der Waals surface area contributed by atoms with Crippen LogP contribution in [-0.4, -0.2) is 19.1 Å². The van der Waals surface area contributed by atoms with Gasteiger partial charge >= 0.3 is 0 Å². The first-order valence-electron chi connectivity index (χ1n) is 26.2. The number of rotatable bonds is 8. The quantitative estimate of drug-likeness (QED) is 0.113. The van der Waals surface area contributed by atoms with E-state index in [0.29, 0.717) is 39.4 Å². The second-order valence-electron chi connectivity index (χ2n) is 17.0. The summed E-state index contributed by atoms with van der Waals surface area (Å²) in [5.74, 6) is 1.35. The van der Waals surface area contributed by atoms with Crippen LogP contribution in [0.15, 0.2) is 164 Å². The van der Waals surface area contributed by atoms with Crippen molar-refractivity contribution in [1.29, 1.82) is 0 Å². The molecule has 0 aliphatic carbocycles. The van der Waals surface area contributed by atoms with E-state index in [1.54, 1.807) is 63.9 Å². The van der Waals surface area contributed by atoms with Crippen LogP contribution < -0.4 is 9.30 Å². The number of nitrogens with zero attached hydrogens (tertiary/aromatic N) is 5. The Morgan fingerprint density at radius 3 is 2.05 bits per heavy atom. The molecule has 0 spiro atoms. The third kappa shape index (κ3) is 8.12. The summed E-state index contributed by atoms with van der Waals surface area (Å²) in [6.45, 7) is 11.6. The summed E-state index contributed by atoms with van der Waals surface area (Å²) >= 11 is 0. The van der Waals surface area contributed by atoms with Gasteiger partial charge in [-0.05, 0) is 80.0 Å². The van der Waals surface area contributed by atoms with E-state index >= 15 is 0 Å². The molecule has 0 radical (unpaired) electrons. The van der Waals surface area contributed by atoms with Crippen molar-refractivity contribution >= 4 is 32.8 Å². The van der Waals surface area contributed by atoms with E-state index in [1.807, 2.05) is 94.6 Å². The van der Waals surface area contributed by atoms with E-state index in [-0.39, 0.29) is 60.6 Å². The number of benzene rings is 6. The topological polar surface area (TPSA) is 48.8 Å². The smallest absolute Gasteiger partial charge is 0.269 e. The molecule has 6 nitrogen and oxygen atoms in total. The number of hydrogen-bond donors (Lipinski definition) is 0. The Hall–Kier alpha value is -6.62. The maximum atomic E-state index is 9.06. The minimum Gasteiger partial charge on any atom is -0.522 e. The Labute approximate surface area is 400 Å². The molecule has 314 valence electrons. The van der Waals surface area contributed by atoms with Crippen LogP contribution in [0, 0.1) is 23.9 Å². The first-order chi connectivity index (χ1) is 34.9. The molecule has 10 rings (SSSR count). The van der Waals surface area contributed by atoms with Crippen LogP contribution in [0.2, 0.25) is 0 Å². The molecule has 4 heterocycles. The van der Waals surface area contributed by atoms with Crippen molar-refractivity contribution < 1.29 is 46.8 Å². The van der Waals surface area contributed by atoms with Crippen LogP contribution >= 0.6 is 0 Å². The van der Waals surface area contributed by atoms with E-state index in [0.717, 1.165) is 16.3 Å². The first kappa shape index (κ1) is 29.6. The molecule has 7 heteroatoms. The van der Waals surface area contributed by atoms with Crippen LogP contribution in [-0.2, 0) is 32.9 Å². The number of imidazole rings is 1. The van der Waals surface area contributed by atoms with Gasteiger partial charge in [0.15, 0.2) is 0 Å². The molecule has 6 aromatic carbocycles. The number of pyridine rings is 2. The molecular weight excluding hydrogens is 954 g/mol. The predicted octanol–water partition coefficient (Wildman–Crippen LogP) is 13.2. The molecule has 0 bridgehead atoms. The van der Waals surface area contributed by atoms with E-state index in [4.69, 9.17) is 31.2 Å². The average Bonchev–Trinajstić information content (AvgIpc) is 3.92. The first-order valence-corrected chi connectivity index (χ1v) is 20.2. The van der Waals surface area contributed by atoms with Gasteiger partial charge in [0.2, 0.25) is 0 Å². The maximum Gasteiger partial charge on any atom is 0.269 e. The molecule has 0 saturated carbocycles. The number of aromatic nitrogens is 5. The number of para-hydroxylation sites is 4. The Morgan fingerprint density at radius 1 is 0.698 bits per heavy atom. The second-order valence-corrected chi connectivity index (χ2v) is 17.0. The minimum absolute atomic E-state index is 0. The van der Waals surface area contributed by atoms with Crippen molar-refractivity contribution in [2.24, 2.45) is 5.41 Å². The van der Waals surface area contributed by atoms with Gasteiger partial charge in [-0.15, -0.1) is 23.6 Å². The molecule has 0 amide bonds. The zero-order valence-corrected chi connectivity index (χ0v) is 37.5. The van der Waals surface area contributed by atoms with Gasteiger partial charge in [0.1, 0.15) is 5.82 Å². The van der Waals surface area contributed by atoms with Crippen LogP contribution in [0.25, 0.3) is 72.4 Å². The van der Waals surface area contributed by atoms with Gasteiger partial charge in [0, 0.05) is 41.3 Å².